The van der Waals surface area contributed by atoms with E-state index in [4.69, 9.17) is 0 Å². The molecule has 2 rings (SSSR count). The summed E-state index contributed by atoms with van der Waals surface area (Å²) < 4.78 is 1.23. The molecule has 0 radical (unpaired) electrons. The molecule has 0 amide bonds. The molecule has 0 aliphatic carbocycles. The van der Waals surface area contributed by atoms with E-state index < -0.39 is 0 Å². The van der Waals surface area contributed by atoms with Crippen LogP contribution in [0.25, 0.3) is 0 Å². The Balaban J connectivity index is 2.02. The van der Waals surface area contributed by atoms with Crippen LogP contribution in [0.2, 0.25) is 0 Å². The fraction of sp³-hybridized carbons (Fsp3) is 0.538. The van der Waals surface area contributed by atoms with Crippen molar-refractivity contribution in [2.24, 2.45) is 0 Å². The highest BCUT2D eigenvalue weighted by atomic mass is 79.9. The van der Waals surface area contributed by atoms with Crippen LogP contribution in [0, 0.1) is 0 Å². The Morgan fingerprint density at radius 1 is 1.25 bits per heavy atom. The molecule has 1 heterocycles. The topological polar surface area (TPSA) is 3.24 Å². The van der Waals surface area contributed by atoms with Crippen molar-refractivity contribution in [2.45, 2.75) is 30.9 Å². The second-order valence-corrected chi connectivity index (χ2v) is 7.28. The van der Waals surface area contributed by atoms with Gasteiger partial charge in [0.05, 0.1) is 0 Å². The molecular formula is C13H18BrNS. The van der Waals surface area contributed by atoms with Crippen LogP contribution in [-0.2, 0) is 6.54 Å². The van der Waals surface area contributed by atoms with Crippen molar-refractivity contribution in [3.8, 4) is 0 Å². The van der Waals surface area contributed by atoms with Gasteiger partial charge < -0.3 is 0 Å². The lowest BCUT2D eigenvalue weighted by Crippen LogP contribution is -2.39. The lowest BCUT2D eigenvalue weighted by molar-refractivity contribution is 0.262. The standard InChI is InChI=1S/C13H18BrNS/c1-10-7-15(8-11(2)16-10)9-12-5-3-4-6-13(12)14/h3-6,10-11H,7-9H2,1-2H3. The summed E-state index contributed by atoms with van der Waals surface area (Å²) in [5.41, 5.74) is 1.40. The van der Waals surface area contributed by atoms with E-state index in [1.165, 1.54) is 23.1 Å². The number of hydrogen-bond acceptors (Lipinski definition) is 2. The first-order valence-electron chi connectivity index (χ1n) is 5.76. The third-order valence-corrected chi connectivity index (χ3v) is 4.85. The summed E-state index contributed by atoms with van der Waals surface area (Å²) in [5.74, 6) is 0. The fourth-order valence-electron chi connectivity index (χ4n) is 2.28. The zero-order chi connectivity index (χ0) is 11.5. The summed E-state index contributed by atoms with van der Waals surface area (Å²) in [6.07, 6.45) is 0. The van der Waals surface area contributed by atoms with Crippen LogP contribution in [-0.4, -0.2) is 28.5 Å². The van der Waals surface area contributed by atoms with Gasteiger partial charge in [-0.25, -0.2) is 0 Å². The maximum atomic E-state index is 3.62. The molecule has 0 spiro atoms. The van der Waals surface area contributed by atoms with Crippen LogP contribution in [0.3, 0.4) is 0 Å². The maximum absolute atomic E-state index is 3.62. The molecule has 0 N–H and O–H groups in total. The molecule has 1 aromatic rings. The summed E-state index contributed by atoms with van der Waals surface area (Å²) in [6.45, 7) is 8.13. The van der Waals surface area contributed by atoms with Gasteiger partial charge in [0.25, 0.3) is 0 Å². The molecule has 0 saturated carbocycles. The third-order valence-electron chi connectivity index (χ3n) is 2.85. The van der Waals surface area contributed by atoms with E-state index in [0.29, 0.717) is 0 Å². The van der Waals surface area contributed by atoms with E-state index in [1.54, 1.807) is 0 Å². The molecule has 1 fully saturated rings. The lowest BCUT2D eigenvalue weighted by atomic mass is 10.2. The van der Waals surface area contributed by atoms with E-state index in [-0.39, 0.29) is 0 Å². The minimum atomic E-state index is 0.756. The van der Waals surface area contributed by atoms with Crippen LogP contribution in [0.4, 0.5) is 0 Å². The maximum Gasteiger partial charge on any atom is 0.0245 e. The van der Waals surface area contributed by atoms with Gasteiger partial charge in [-0.15, -0.1) is 0 Å². The average molecular weight is 300 g/mol. The van der Waals surface area contributed by atoms with Gasteiger partial charge in [-0.05, 0) is 11.6 Å². The van der Waals surface area contributed by atoms with Crippen molar-refractivity contribution in [1.29, 1.82) is 0 Å². The van der Waals surface area contributed by atoms with Crippen molar-refractivity contribution in [3.63, 3.8) is 0 Å². The number of rotatable bonds is 2. The summed E-state index contributed by atoms with van der Waals surface area (Å²) in [6, 6.07) is 8.53. The highest BCUT2D eigenvalue weighted by Crippen LogP contribution is 2.27. The Kier molecular flexibility index (Phi) is 4.34. The molecular weight excluding hydrogens is 282 g/mol. The third kappa shape index (κ3) is 3.25. The predicted molar refractivity (Wildman–Crippen MR) is 75.9 cm³/mol. The molecule has 16 heavy (non-hydrogen) atoms. The van der Waals surface area contributed by atoms with E-state index in [1.807, 2.05) is 0 Å². The Bertz CT molecular complexity index is 346. The molecule has 1 aliphatic rings. The zero-order valence-electron chi connectivity index (χ0n) is 9.82. The van der Waals surface area contributed by atoms with E-state index in [9.17, 15) is 0 Å². The highest BCUT2D eigenvalue weighted by Gasteiger charge is 2.22. The van der Waals surface area contributed by atoms with Gasteiger partial charge in [-0.3, -0.25) is 4.90 Å². The van der Waals surface area contributed by atoms with Crippen molar-refractivity contribution in [1.82, 2.24) is 4.90 Å². The quantitative estimate of drug-likeness (QED) is 0.818. The molecule has 2 atom stereocenters. The van der Waals surface area contributed by atoms with Crippen molar-refractivity contribution >= 4 is 27.7 Å². The molecule has 2 unspecified atom stereocenters. The van der Waals surface area contributed by atoms with Gasteiger partial charge >= 0.3 is 0 Å². The molecule has 1 aliphatic heterocycles. The molecule has 1 aromatic carbocycles. The minimum Gasteiger partial charge on any atom is -0.297 e. The van der Waals surface area contributed by atoms with E-state index >= 15 is 0 Å². The monoisotopic (exact) mass is 299 g/mol. The van der Waals surface area contributed by atoms with Crippen LogP contribution in [0.5, 0.6) is 0 Å². The molecule has 1 saturated heterocycles. The normalized spacial score (nSPS) is 26.9. The first kappa shape index (κ1) is 12.5. The second kappa shape index (κ2) is 5.56. The van der Waals surface area contributed by atoms with Gasteiger partial charge in [0, 0.05) is 34.6 Å². The molecule has 0 bridgehead atoms. The van der Waals surface area contributed by atoms with Crippen LogP contribution >= 0.6 is 27.7 Å². The predicted octanol–water partition coefficient (Wildman–Crippen LogP) is 3.77. The van der Waals surface area contributed by atoms with Gasteiger partial charge in [0.2, 0.25) is 0 Å². The van der Waals surface area contributed by atoms with E-state index in [0.717, 1.165) is 17.0 Å². The number of nitrogens with zero attached hydrogens (tertiary/aromatic N) is 1. The molecule has 3 heteroatoms. The van der Waals surface area contributed by atoms with Crippen molar-refractivity contribution in [3.05, 3.63) is 34.3 Å². The molecule has 0 aromatic heterocycles. The number of benzene rings is 1. The van der Waals surface area contributed by atoms with Crippen LogP contribution in [0.15, 0.2) is 28.7 Å². The summed E-state index contributed by atoms with van der Waals surface area (Å²) in [5, 5.41) is 1.51. The smallest absolute Gasteiger partial charge is 0.0245 e. The molecule has 1 nitrogen and oxygen atoms in total. The number of thioether (sulfide) groups is 1. The Morgan fingerprint density at radius 2 is 1.88 bits per heavy atom. The van der Waals surface area contributed by atoms with Crippen LogP contribution in [0.1, 0.15) is 19.4 Å². The number of hydrogen-bond donors (Lipinski definition) is 0. The summed E-state index contributed by atoms with van der Waals surface area (Å²) in [7, 11) is 0. The van der Waals surface area contributed by atoms with Crippen LogP contribution < -0.4 is 0 Å². The lowest BCUT2D eigenvalue weighted by Gasteiger charge is -2.34. The first-order chi connectivity index (χ1) is 7.65. The minimum absolute atomic E-state index is 0.756. The highest BCUT2D eigenvalue weighted by molar-refractivity contribution is 9.10. The average Bonchev–Trinajstić information content (AvgIpc) is 2.20. The Hall–Kier alpha value is 0.01000. The Labute approximate surface area is 111 Å². The number of halogens is 1. The first-order valence-corrected chi connectivity index (χ1v) is 7.50. The SMILES string of the molecule is CC1CN(Cc2ccccc2Br)CC(C)S1. The largest absolute Gasteiger partial charge is 0.297 e. The van der Waals surface area contributed by atoms with Gasteiger partial charge in [0.1, 0.15) is 0 Å². The molecule has 88 valence electrons. The van der Waals surface area contributed by atoms with Crippen molar-refractivity contribution < 1.29 is 0 Å². The summed E-state index contributed by atoms with van der Waals surface area (Å²) >= 11 is 5.73. The van der Waals surface area contributed by atoms with Gasteiger partial charge in [0.15, 0.2) is 0 Å². The zero-order valence-corrected chi connectivity index (χ0v) is 12.2. The van der Waals surface area contributed by atoms with E-state index in [2.05, 4.69) is 70.7 Å². The second-order valence-electron chi connectivity index (χ2n) is 4.54. The van der Waals surface area contributed by atoms with Gasteiger partial charge in [-0.2, -0.15) is 11.8 Å². The Morgan fingerprint density at radius 3 is 2.50 bits per heavy atom. The van der Waals surface area contributed by atoms with Gasteiger partial charge in [-0.1, -0.05) is 48.0 Å². The summed E-state index contributed by atoms with van der Waals surface area (Å²) in [4.78, 5) is 2.56. The van der Waals surface area contributed by atoms with Crippen molar-refractivity contribution in [2.75, 3.05) is 13.1 Å². The fourth-order valence-corrected chi connectivity index (χ4v) is 4.08.